The van der Waals surface area contributed by atoms with Gasteiger partial charge in [-0.25, -0.2) is 0 Å². The minimum absolute atomic E-state index is 0.0564. The molecule has 1 saturated heterocycles. The van der Waals surface area contributed by atoms with Crippen molar-refractivity contribution in [1.29, 1.82) is 0 Å². The molecule has 27 heavy (non-hydrogen) atoms. The van der Waals surface area contributed by atoms with Crippen LogP contribution in [0.15, 0.2) is 24.3 Å². The fourth-order valence-corrected chi connectivity index (χ4v) is 4.42. The third kappa shape index (κ3) is 4.25. The molecule has 2 amide bonds. The Hall–Kier alpha value is -2.12. The van der Waals surface area contributed by atoms with Crippen molar-refractivity contribution in [2.75, 3.05) is 40.9 Å². The van der Waals surface area contributed by atoms with Crippen LogP contribution in [0, 0.1) is 11.8 Å². The first-order valence-corrected chi connectivity index (χ1v) is 9.39. The predicted molar refractivity (Wildman–Crippen MR) is 102 cm³/mol. The Bertz CT molecular complexity index is 694. The number of nitrogens with zero attached hydrogens (tertiary/aromatic N) is 2. The lowest BCUT2D eigenvalue weighted by molar-refractivity contribution is -0.132. The molecule has 4 atom stereocenters. The fourth-order valence-electron chi connectivity index (χ4n) is 4.42. The van der Waals surface area contributed by atoms with E-state index in [1.807, 2.05) is 4.90 Å². The van der Waals surface area contributed by atoms with Crippen molar-refractivity contribution >= 4 is 11.8 Å². The van der Waals surface area contributed by atoms with Gasteiger partial charge in [-0.1, -0.05) is 12.1 Å². The van der Waals surface area contributed by atoms with Crippen LogP contribution in [0.3, 0.4) is 0 Å². The minimum Gasteiger partial charge on any atom is -0.483 e. The highest BCUT2D eigenvalue weighted by Crippen LogP contribution is 2.38. The number of primary amides is 1. The zero-order valence-electron chi connectivity index (χ0n) is 16.3. The Morgan fingerprint density at radius 3 is 2.48 bits per heavy atom. The van der Waals surface area contributed by atoms with E-state index in [0.29, 0.717) is 23.6 Å². The van der Waals surface area contributed by atoms with E-state index in [1.165, 1.54) is 0 Å². The number of fused-ring (bicyclic) bond motifs is 1. The second kappa shape index (κ2) is 8.27. The average molecular weight is 375 g/mol. The monoisotopic (exact) mass is 375 g/mol. The summed E-state index contributed by atoms with van der Waals surface area (Å²) in [5.41, 5.74) is 5.64. The van der Waals surface area contributed by atoms with E-state index in [9.17, 15) is 9.59 Å². The predicted octanol–water partition coefficient (Wildman–Crippen LogP) is 0.978. The molecule has 7 heteroatoms. The lowest BCUT2D eigenvalue weighted by Gasteiger charge is -2.40. The van der Waals surface area contributed by atoms with Crippen LogP contribution in [-0.4, -0.2) is 74.7 Å². The molecule has 1 aromatic rings. The molecule has 2 fully saturated rings. The van der Waals surface area contributed by atoms with Crippen LogP contribution >= 0.6 is 0 Å². The molecule has 7 nitrogen and oxygen atoms in total. The molecule has 1 aliphatic heterocycles. The standard InChI is InChI=1S/C20H29N3O4/c1-22(2)16-8-13-10-23(11-14(13)9-18(16)26-3)19(24)12-27-17-7-5-4-6-15(17)20(21)25/h4-7,13-14,16,18H,8-12H2,1-3H3,(H2,21,25)/t13-,14+,16-,18-/m1/s1. The number of amides is 2. The molecule has 0 spiro atoms. The molecule has 1 saturated carbocycles. The number of hydrogen-bond acceptors (Lipinski definition) is 5. The van der Waals surface area contributed by atoms with Crippen LogP contribution in [0.2, 0.25) is 0 Å². The van der Waals surface area contributed by atoms with Gasteiger partial charge in [-0.3, -0.25) is 9.59 Å². The van der Waals surface area contributed by atoms with Gasteiger partial charge in [0, 0.05) is 26.2 Å². The third-order valence-corrected chi connectivity index (χ3v) is 5.91. The highest BCUT2D eigenvalue weighted by molar-refractivity contribution is 5.95. The molecule has 1 heterocycles. The molecule has 0 bridgehead atoms. The van der Waals surface area contributed by atoms with Gasteiger partial charge in [0.15, 0.2) is 6.61 Å². The molecule has 148 valence electrons. The summed E-state index contributed by atoms with van der Waals surface area (Å²) in [6.45, 7) is 1.41. The van der Waals surface area contributed by atoms with Gasteiger partial charge in [-0.05, 0) is 50.9 Å². The molecular weight excluding hydrogens is 346 g/mol. The number of likely N-dealkylation sites (N-methyl/N-ethyl adjacent to an activating group) is 1. The fraction of sp³-hybridized carbons (Fsp3) is 0.600. The number of benzene rings is 1. The number of likely N-dealkylation sites (tertiary alicyclic amines) is 1. The van der Waals surface area contributed by atoms with Crippen LogP contribution < -0.4 is 10.5 Å². The van der Waals surface area contributed by atoms with Crippen LogP contribution in [0.4, 0.5) is 0 Å². The van der Waals surface area contributed by atoms with Crippen LogP contribution in [0.1, 0.15) is 23.2 Å². The highest BCUT2D eigenvalue weighted by Gasteiger charge is 2.44. The number of nitrogens with two attached hydrogens (primary N) is 1. The molecule has 2 N–H and O–H groups in total. The molecule has 1 aliphatic carbocycles. The Morgan fingerprint density at radius 2 is 1.85 bits per heavy atom. The summed E-state index contributed by atoms with van der Waals surface area (Å²) in [7, 11) is 5.93. The third-order valence-electron chi connectivity index (χ3n) is 5.91. The first-order chi connectivity index (χ1) is 12.9. The van der Waals surface area contributed by atoms with Gasteiger partial charge >= 0.3 is 0 Å². The van der Waals surface area contributed by atoms with E-state index in [4.69, 9.17) is 15.2 Å². The molecule has 3 rings (SSSR count). The summed E-state index contributed by atoms with van der Waals surface area (Å²) in [5.74, 6) is 0.686. The highest BCUT2D eigenvalue weighted by atomic mass is 16.5. The average Bonchev–Trinajstić information content (AvgIpc) is 3.08. The molecule has 1 aromatic carbocycles. The summed E-state index contributed by atoms with van der Waals surface area (Å²) in [6, 6.07) is 7.10. The van der Waals surface area contributed by atoms with Gasteiger partial charge in [0.1, 0.15) is 5.75 Å². The summed E-state index contributed by atoms with van der Waals surface area (Å²) in [4.78, 5) is 28.2. The second-order valence-corrected chi connectivity index (χ2v) is 7.74. The number of ether oxygens (including phenoxy) is 2. The first kappa shape index (κ1) is 19.6. The maximum Gasteiger partial charge on any atom is 0.260 e. The quantitative estimate of drug-likeness (QED) is 0.801. The molecule has 2 aliphatic rings. The van der Waals surface area contributed by atoms with E-state index in [2.05, 4.69) is 19.0 Å². The number of carbonyl (C=O) groups is 2. The van der Waals surface area contributed by atoms with Crippen LogP contribution in [-0.2, 0) is 9.53 Å². The summed E-state index contributed by atoms with van der Waals surface area (Å²) in [5, 5.41) is 0. The Labute approximate surface area is 160 Å². The number of hydrogen-bond donors (Lipinski definition) is 1. The van der Waals surface area contributed by atoms with E-state index < -0.39 is 5.91 Å². The van der Waals surface area contributed by atoms with Crippen LogP contribution in [0.25, 0.3) is 0 Å². The minimum atomic E-state index is -0.564. The Kier molecular flexibility index (Phi) is 6.01. The zero-order valence-corrected chi connectivity index (χ0v) is 16.3. The molecular formula is C20H29N3O4. The Morgan fingerprint density at radius 1 is 1.19 bits per heavy atom. The lowest BCUT2D eigenvalue weighted by Crippen LogP contribution is -2.47. The van der Waals surface area contributed by atoms with Crippen molar-refractivity contribution in [2.24, 2.45) is 17.6 Å². The van der Waals surface area contributed by atoms with Gasteiger partial charge in [-0.15, -0.1) is 0 Å². The molecule has 0 radical (unpaired) electrons. The normalized spacial score (nSPS) is 27.5. The van der Waals surface area contributed by atoms with E-state index in [1.54, 1.807) is 31.4 Å². The number of carbonyl (C=O) groups excluding carboxylic acids is 2. The number of rotatable bonds is 6. The number of methoxy groups -OCH3 is 1. The van der Waals surface area contributed by atoms with Gasteiger partial charge in [0.25, 0.3) is 11.8 Å². The van der Waals surface area contributed by atoms with Crippen molar-refractivity contribution in [3.05, 3.63) is 29.8 Å². The second-order valence-electron chi connectivity index (χ2n) is 7.74. The van der Waals surface area contributed by atoms with Crippen molar-refractivity contribution in [1.82, 2.24) is 9.80 Å². The SMILES string of the molecule is CO[C@@H]1C[C@H]2CN(C(=O)COc3ccccc3C(N)=O)C[C@H]2C[C@H]1N(C)C. The Balaban J connectivity index is 1.59. The topological polar surface area (TPSA) is 85.1 Å². The summed E-state index contributed by atoms with van der Waals surface area (Å²) < 4.78 is 11.3. The van der Waals surface area contributed by atoms with Crippen molar-refractivity contribution < 1.29 is 19.1 Å². The lowest BCUT2D eigenvalue weighted by atomic mass is 9.77. The molecule has 0 unspecified atom stereocenters. The first-order valence-electron chi connectivity index (χ1n) is 9.39. The van der Waals surface area contributed by atoms with Gasteiger partial charge in [0.05, 0.1) is 11.7 Å². The maximum absolute atomic E-state index is 12.7. The van der Waals surface area contributed by atoms with Crippen molar-refractivity contribution in [3.8, 4) is 5.75 Å². The van der Waals surface area contributed by atoms with E-state index in [0.717, 1.165) is 25.9 Å². The van der Waals surface area contributed by atoms with Gasteiger partial charge in [0.2, 0.25) is 0 Å². The largest absolute Gasteiger partial charge is 0.483 e. The van der Waals surface area contributed by atoms with Crippen LogP contribution in [0.5, 0.6) is 5.75 Å². The smallest absolute Gasteiger partial charge is 0.260 e. The van der Waals surface area contributed by atoms with Gasteiger partial charge in [-0.2, -0.15) is 0 Å². The number of para-hydroxylation sites is 1. The van der Waals surface area contributed by atoms with E-state index in [-0.39, 0.29) is 24.2 Å². The molecule has 0 aromatic heterocycles. The zero-order chi connectivity index (χ0) is 19.6. The maximum atomic E-state index is 12.7. The van der Waals surface area contributed by atoms with Crippen molar-refractivity contribution in [3.63, 3.8) is 0 Å². The summed E-state index contributed by atoms with van der Waals surface area (Å²) in [6.07, 6.45) is 2.21. The van der Waals surface area contributed by atoms with E-state index >= 15 is 0 Å². The van der Waals surface area contributed by atoms with Crippen molar-refractivity contribution in [2.45, 2.75) is 25.0 Å². The van der Waals surface area contributed by atoms with Gasteiger partial charge < -0.3 is 25.0 Å². The summed E-state index contributed by atoms with van der Waals surface area (Å²) >= 11 is 0.